The lowest BCUT2D eigenvalue weighted by Gasteiger charge is -2.40. The molecule has 1 aliphatic rings. The molecule has 0 saturated carbocycles. The lowest BCUT2D eigenvalue weighted by Crippen LogP contribution is -2.44. The fourth-order valence-corrected chi connectivity index (χ4v) is 3.07. The quantitative estimate of drug-likeness (QED) is 0.930. The molecule has 3 nitrogen and oxygen atoms in total. The second-order valence-electron chi connectivity index (χ2n) is 5.76. The molecular formula is C16H22ClNO2. The van der Waals surface area contributed by atoms with E-state index in [4.69, 9.17) is 11.6 Å². The van der Waals surface area contributed by atoms with E-state index in [9.17, 15) is 9.90 Å². The van der Waals surface area contributed by atoms with E-state index >= 15 is 0 Å². The number of rotatable bonds is 3. The number of hydrogen-bond acceptors (Lipinski definition) is 2. The molecule has 1 aromatic rings. The second kappa shape index (κ2) is 6.15. The third-order valence-corrected chi connectivity index (χ3v) is 4.85. The van der Waals surface area contributed by atoms with Crippen LogP contribution in [0.25, 0.3) is 0 Å². The minimum atomic E-state index is 0.00577. The maximum absolute atomic E-state index is 12.5. The standard InChI is InChI=1S/C16H22ClNO2/c1-3-16(11-19)6-8-18(9-7-16)15(20)14-5-4-13(17)10-12(14)2/h4-5,10,19H,3,6-9,11H2,1-2H3. The van der Waals surface area contributed by atoms with Gasteiger partial charge in [-0.3, -0.25) is 4.79 Å². The number of benzene rings is 1. The first kappa shape index (κ1) is 15.3. The first-order valence-electron chi connectivity index (χ1n) is 7.17. The van der Waals surface area contributed by atoms with Gasteiger partial charge in [0.2, 0.25) is 0 Å². The highest BCUT2D eigenvalue weighted by atomic mass is 35.5. The van der Waals surface area contributed by atoms with Gasteiger partial charge in [0, 0.05) is 30.3 Å². The molecule has 0 spiro atoms. The normalized spacial score (nSPS) is 18.1. The van der Waals surface area contributed by atoms with Crippen LogP contribution in [0.15, 0.2) is 18.2 Å². The summed E-state index contributed by atoms with van der Waals surface area (Å²) in [5.41, 5.74) is 1.64. The summed E-state index contributed by atoms with van der Waals surface area (Å²) in [4.78, 5) is 14.4. The van der Waals surface area contributed by atoms with Crippen molar-refractivity contribution >= 4 is 17.5 Å². The van der Waals surface area contributed by atoms with Crippen molar-refractivity contribution in [2.45, 2.75) is 33.1 Å². The van der Waals surface area contributed by atoms with Crippen LogP contribution >= 0.6 is 11.6 Å². The molecule has 0 bridgehead atoms. The highest BCUT2D eigenvalue weighted by Crippen LogP contribution is 2.34. The molecule has 1 aliphatic heterocycles. The zero-order chi connectivity index (χ0) is 14.8. The number of aryl methyl sites for hydroxylation is 1. The van der Waals surface area contributed by atoms with Gasteiger partial charge in [-0.05, 0) is 55.4 Å². The summed E-state index contributed by atoms with van der Waals surface area (Å²) in [5, 5.41) is 10.2. The van der Waals surface area contributed by atoms with Crippen molar-refractivity contribution in [3.8, 4) is 0 Å². The van der Waals surface area contributed by atoms with Crippen molar-refractivity contribution in [3.05, 3.63) is 34.3 Å². The van der Waals surface area contributed by atoms with Gasteiger partial charge in [-0.15, -0.1) is 0 Å². The first-order chi connectivity index (χ1) is 9.51. The van der Waals surface area contributed by atoms with Crippen LogP contribution in [0.1, 0.15) is 42.1 Å². The smallest absolute Gasteiger partial charge is 0.254 e. The maximum Gasteiger partial charge on any atom is 0.254 e. The maximum atomic E-state index is 12.5. The Kier molecular flexibility index (Phi) is 4.71. The lowest BCUT2D eigenvalue weighted by atomic mass is 9.77. The summed E-state index contributed by atoms with van der Waals surface area (Å²) >= 11 is 5.93. The van der Waals surface area contributed by atoms with Crippen LogP contribution in [0, 0.1) is 12.3 Å². The zero-order valence-corrected chi connectivity index (χ0v) is 12.9. The topological polar surface area (TPSA) is 40.5 Å². The number of aliphatic hydroxyl groups excluding tert-OH is 1. The summed E-state index contributed by atoms with van der Waals surface area (Å²) in [5.74, 6) is 0.0711. The summed E-state index contributed by atoms with van der Waals surface area (Å²) in [7, 11) is 0. The van der Waals surface area contributed by atoms with Gasteiger partial charge in [0.05, 0.1) is 0 Å². The van der Waals surface area contributed by atoms with Gasteiger partial charge < -0.3 is 10.0 Å². The third-order valence-electron chi connectivity index (χ3n) is 4.62. The number of likely N-dealkylation sites (tertiary alicyclic amines) is 1. The Morgan fingerprint density at radius 3 is 2.55 bits per heavy atom. The summed E-state index contributed by atoms with van der Waals surface area (Å²) in [6.45, 7) is 5.67. The Morgan fingerprint density at radius 1 is 1.40 bits per heavy atom. The van der Waals surface area contributed by atoms with Gasteiger partial charge in [0.25, 0.3) is 5.91 Å². The van der Waals surface area contributed by atoms with Gasteiger partial charge in [0.1, 0.15) is 0 Å². The number of carbonyl (C=O) groups excluding carboxylic acids is 1. The molecule has 0 aromatic heterocycles. The van der Waals surface area contributed by atoms with E-state index in [1.165, 1.54) is 0 Å². The summed E-state index contributed by atoms with van der Waals surface area (Å²) < 4.78 is 0. The van der Waals surface area contributed by atoms with Crippen LogP contribution in [0.3, 0.4) is 0 Å². The fourth-order valence-electron chi connectivity index (χ4n) is 2.85. The molecule has 1 aromatic carbocycles. The number of hydrogen-bond donors (Lipinski definition) is 1. The van der Waals surface area contributed by atoms with Crippen LogP contribution < -0.4 is 0 Å². The highest BCUT2D eigenvalue weighted by Gasteiger charge is 2.34. The minimum absolute atomic E-state index is 0.00577. The van der Waals surface area contributed by atoms with E-state index in [2.05, 4.69) is 6.92 Å². The van der Waals surface area contributed by atoms with Crippen LogP contribution in [-0.4, -0.2) is 35.6 Å². The summed E-state index contributed by atoms with van der Waals surface area (Å²) in [6, 6.07) is 5.38. The van der Waals surface area contributed by atoms with Crippen molar-refractivity contribution in [1.82, 2.24) is 4.90 Å². The van der Waals surface area contributed by atoms with Crippen LogP contribution in [0.4, 0.5) is 0 Å². The lowest BCUT2D eigenvalue weighted by molar-refractivity contribution is 0.0337. The van der Waals surface area contributed by atoms with Crippen LogP contribution in [-0.2, 0) is 0 Å². The number of amides is 1. The van der Waals surface area contributed by atoms with Crippen LogP contribution in [0.5, 0.6) is 0 Å². The molecule has 2 rings (SSSR count). The Morgan fingerprint density at radius 2 is 2.05 bits per heavy atom. The molecule has 1 amide bonds. The van der Waals surface area contributed by atoms with Crippen molar-refractivity contribution in [2.75, 3.05) is 19.7 Å². The highest BCUT2D eigenvalue weighted by molar-refractivity contribution is 6.30. The predicted octanol–water partition coefficient (Wildman–Crippen LogP) is 3.27. The molecule has 1 saturated heterocycles. The molecule has 1 heterocycles. The fraction of sp³-hybridized carbons (Fsp3) is 0.562. The molecule has 0 atom stereocenters. The average Bonchev–Trinajstić information content (AvgIpc) is 2.47. The van der Waals surface area contributed by atoms with E-state index in [1.807, 2.05) is 17.9 Å². The molecule has 0 aliphatic carbocycles. The predicted molar refractivity (Wildman–Crippen MR) is 81.1 cm³/mol. The van der Waals surface area contributed by atoms with Crippen LogP contribution in [0.2, 0.25) is 5.02 Å². The molecule has 1 N–H and O–H groups in total. The molecule has 20 heavy (non-hydrogen) atoms. The molecule has 0 radical (unpaired) electrons. The van der Waals surface area contributed by atoms with E-state index in [1.54, 1.807) is 12.1 Å². The molecule has 4 heteroatoms. The second-order valence-corrected chi connectivity index (χ2v) is 6.20. The third kappa shape index (κ3) is 2.99. The number of halogens is 1. The Balaban J connectivity index is 2.09. The monoisotopic (exact) mass is 295 g/mol. The largest absolute Gasteiger partial charge is 0.396 e. The SMILES string of the molecule is CCC1(CO)CCN(C(=O)c2ccc(Cl)cc2C)CC1. The van der Waals surface area contributed by atoms with E-state index in [0.29, 0.717) is 5.02 Å². The van der Waals surface area contributed by atoms with Gasteiger partial charge >= 0.3 is 0 Å². The summed E-state index contributed by atoms with van der Waals surface area (Å²) in [6.07, 6.45) is 2.71. The van der Waals surface area contributed by atoms with Crippen molar-refractivity contribution in [3.63, 3.8) is 0 Å². The van der Waals surface area contributed by atoms with E-state index < -0.39 is 0 Å². The van der Waals surface area contributed by atoms with Gasteiger partial charge in [-0.25, -0.2) is 0 Å². The number of aliphatic hydroxyl groups is 1. The van der Waals surface area contributed by atoms with E-state index in [0.717, 1.165) is 43.5 Å². The number of nitrogens with zero attached hydrogens (tertiary/aromatic N) is 1. The van der Waals surface area contributed by atoms with Gasteiger partial charge in [-0.1, -0.05) is 18.5 Å². The van der Waals surface area contributed by atoms with Gasteiger partial charge in [0.15, 0.2) is 0 Å². The first-order valence-corrected chi connectivity index (χ1v) is 7.55. The minimum Gasteiger partial charge on any atom is -0.396 e. The van der Waals surface area contributed by atoms with Crippen molar-refractivity contribution in [1.29, 1.82) is 0 Å². The number of carbonyl (C=O) groups is 1. The Labute approximate surface area is 125 Å². The number of piperidine rings is 1. The van der Waals surface area contributed by atoms with E-state index in [-0.39, 0.29) is 17.9 Å². The Bertz CT molecular complexity index is 487. The average molecular weight is 296 g/mol. The Hall–Kier alpha value is -1.06. The zero-order valence-electron chi connectivity index (χ0n) is 12.2. The molecule has 110 valence electrons. The molecule has 0 unspecified atom stereocenters. The van der Waals surface area contributed by atoms with Gasteiger partial charge in [-0.2, -0.15) is 0 Å². The molecule has 1 fully saturated rings. The molecular weight excluding hydrogens is 274 g/mol. The van der Waals surface area contributed by atoms with Crippen molar-refractivity contribution in [2.24, 2.45) is 5.41 Å². The van der Waals surface area contributed by atoms with Crippen molar-refractivity contribution < 1.29 is 9.90 Å².